The Bertz CT molecular complexity index is 728. The molecule has 0 fully saturated rings. The number of aryl methyl sites for hydroxylation is 2. The molecule has 0 bridgehead atoms. The lowest BCUT2D eigenvalue weighted by Crippen LogP contribution is -2.46. The smallest absolute Gasteiger partial charge is 0.350 e. The Labute approximate surface area is 114 Å². The van der Waals surface area contributed by atoms with Crippen LogP contribution >= 0.6 is 0 Å². The van der Waals surface area contributed by atoms with Gasteiger partial charge in [-0.25, -0.2) is 14.0 Å². The highest BCUT2D eigenvalue weighted by Gasteiger charge is 2.44. The van der Waals surface area contributed by atoms with E-state index < -0.39 is 18.8 Å². The van der Waals surface area contributed by atoms with Crippen molar-refractivity contribution in [1.82, 2.24) is 14.3 Å². The summed E-state index contributed by atoms with van der Waals surface area (Å²) in [4.78, 5) is 12.3. The normalized spacial score (nSPS) is 15.4. The van der Waals surface area contributed by atoms with E-state index in [-0.39, 0.29) is 11.5 Å². The minimum atomic E-state index is -1.41. The molecule has 0 amide bonds. The van der Waals surface area contributed by atoms with Crippen molar-refractivity contribution in [2.75, 3.05) is 13.2 Å². The maximum atomic E-state index is 12.3. The summed E-state index contributed by atoms with van der Waals surface area (Å²) in [6.07, 6.45) is 0. The van der Waals surface area contributed by atoms with E-state index in [1.807, 2.05) is 13.0 Å². The molecule has 1 aliphatic heterocycles. The highest BCUT2D eigenvalue weighted by Crippen LogP contribution is 2.37. The number of ether oxygens (including phenoxy) is 1. The molecular formula is C13H15N3O4. The summed E-state index contributed by atoms with van der Waals surface area (Å²) in [7, 11) is 1.52. The van der Waals surface area contributed by atoms with Gasteiger partial charge in [-0.05, 0) is 24.6 Å². The van der Waals surface area contributed by atoms with Gasteiger partial charge in [-0.2, -0.15) is 5.10 Å². The largest absolute Gasteiger partial charge is 0.472 e. The SMILES string of the molecule is Cc1ccc2c(c1)-n1c(nn(C)c1=O)C(CO)(CO)O2. The summed E-state index contributed by atoms with van der Waals surface area (Å²) in [5.74, 6) is 0.634. The summed E-state index contributed by atoms with van der Waals surface area (Å²) < 4.78 is 8.27. The molecule has 106 valence electrons. The number of aliphatic hydroxyl groups excluding tert-OH is 2. The summed E-state index contributed by atoms with van der Waals surface area (Å²) in [5, 5.41) is 23.3. The van der Waals surface area contributed by atoms with Crippen LogP contribution in [0.1, 0.15) is 11.4 Å². The summed E-state index contributed by atoms with van der Waals surface area (Å²) >= 11 is 0. The number of hydrogen-bond acceptors (Lipinski definition) is 5. The molecule has 0 atom stereocenters. The summed E-state index contributed by atoms with van der Waals surface area (Å²) in [6, 6.07) is 5.36. The van der Waals surface area contributed by atoms with Crippen LogP contribution in [0.3, 0.4) is 0 Å². The van der Waals surface area contributed by atoms with Gasteiger partial charge in [0, 0.05) is 7.05 Å². The lowest BCUT2D eigenvalue weighted by atomic mass is 10.0. The van der Waals surface area contributed by atoms with Crippen LogP contribution in [0.5, 0.6) is 5.75 Å². The molecule has 2 heterocycles. The van der Waals surface area contributed by atoms with Crippen LogP contribution in [0.15, 0.2) is 23.0 Å². The second kappa shape index (κ2) is 4.19. The van der Waals surface area contributed by atoms with Crippen molar-refractivity contribution < 1.29 is 14.9 Å². The molecule has 7 nitrogen and oxygen atoms in total. The Kier molecular flexibility index (Phi) is 2.70. The van der Waals surface area contributed by atoms with Crippen LogP contribution in [-0.4, -0.2) is 37.8 Å². The van der Waals surface area contributed by atoms with Gasteiger partial charge in [-0.1, -0.05) is 6.07 Å². The Morgan fingerprint density at radius 3 is 2.70 bits per heavy atom. The van der Waals surface area contributed by atoms with Crippen LogP contribution in [0.4, 0.5) is 0 Å². The maximum absolute atomic E-state index is 12.3. The van der Waals surface area contributed by atoms with E-state index in [2.05, 4.69) is 5.10 Å². The Balaban J connectivity index is 2.38. The summed E-state index contributed by atoms with van der Waals surface area (Å²) in [6.45, 7) is 0.946. The average Bonchev–Trinajstić information content (AvgIpc) is 2.75. The fourth-order valence-corrected chi connectivity index (χ4v) is 2.38. The lowest BCUT2D eigenvalue weighted by molar-refractivity contribution is -0.0513. The molecule has 1 aliphatic rings. The predicted molar refractivity (Wildman–Crippen MR) is 70.0 cm³/mol. The molecule has 20 heavy (non-hydrogen) atoms. The van der Waals surface area contributed by atoms with Crippen LogP contribution in [0.2, 0.25) is 0 Å². The van der Waals surface area contributed by atoms with Crippen molar-refractivity contribution in [2.24, 2.45) is 7.05 Å². The first-order chi connectivity index (χ1) is 9.52. The minimum Gasteiger partial charge on any atom is -0.472 e. The topological polar surface area (TPSA) is 89.5 Å². The van der Waals surface area contributed by atoms with Gasteiger partial charge in [0.15, 0.2) is 5.82 Å². The number of hydrogen-bond donors (Lipinski definition) is 2. The Hall–Kier alpha value is -2.12. The maximum Gasteiger partial charge on any atom is 0.350 e. The zero-order valence-electron chi connectivity index (χ0n) is 11.2. The first-order valence-corrected chi connectivity index (χ1v) is 6.21. The van der Waals surface area contributed by atoms with Gasteiger partial charge in [-0.15, -0.1) is 0 Å². The number of fused-ring (bicyclic) bond motifs is 3. The molecule has 3 rings (SSSR count). The number of aliphatic hydroxyl groups is 2. The third-order valence-corrected chi connectivity index (χ3v) is 3.50. The average molecular weight is 277 g/mol. The van der Waals surface area contributed by atoms with Crippen molar-refractivity contribution in [3.8, 4) is 11.4 Å². The van der Waals surface area contributed by atoms with E-state index in [4.69, 9.17) is 4.74 Å². The van der Waals surface area contributed by atoms with Crippen LogP contribution in [0, 0.1) is 6.92 Å². The van der Waals surface area contributed by atoms with Gasteiger partial charge in [0.05, 0.1) is 18.9 Å². The predicted octanol–water partition coefficient (Wildman–Crippen LogP) is -0.548. The first kappa shape index (κ1) is 12.9. The van der Waals surface area contributed by atoms with Gasteiger partial charge in [-0.3, -0.25) is 0 Å². The summed E-state index contributed by atoms with van der Waals surface area (Å²) in [5.41, 5.74) is -0.227. The standard InChI is InChI=1S/C13H15N3O4/c1-8-3-4-10-9(5-8)16-11(14-15(2)12(16)19)13(6-17,7-18)20-10/h3-5,17-18H,6-7H2,1-2H3. The zero-order chi connectivity index (χ0) is 14.5. The van der Waals surface area contributed by atoms with Gasteiger partial charge >= 0.3 is 5.69 Å². The van der Waals surface area contributed by atoms with Crippen LogP contribution in [0.25, 0.3) is 5.69 Å². The second-order valence-corrected chi connectivity index (χ2v) is 4.95. The van der Waals surface area contributed by atoms with Gasteiger partial charge in [0.25, 0.3) is 0 Å². The van der Waals surface area contributed by atoms with Crippen LogP contribution < -0.4 is 10.4 Å². The highest BCUT2D eigenvalue weighted by molar-refractivity contribution is 5.52. The van der Waals surface area contributed by atoms with E-state index in [1.165, 1.54) is 11.6 Å². The molecule has 1 aromatic heterocycles. The minimum absolute atomic E-state index is 0.202. The molecule has 0 saturated heterocycles. The molecule has 2 N–H and O–H groups in total. The molecular weight excluding hydrogens is 262 g/mol. The molecule has 0 spiro atoms. The fraction of sp³-hybridized carbons (Fsp3) is 0.385. The zero-order valence-corrected chi connectivity index (χ0v) is 11.2. The quantitative estimate of drug-likeness (QED) is 0.769. The lowest BCUT2D eigenvalue weighted by Gasteiger charge is -2.34. The molecule has 1 aromatic carbocycles. The Morgan fingerprint density at radius 2 is 2.05 bits per heavy atom. The van der Waals surface area contributed by atoms with Crippen molar-refractivity contribution in [2.45, 2.75) is 12.5 Å². The van der Waals surface area contributed by atoms with Crippen LogP contribution in [-0.2, 0) is 12.6 Å². The van der Waals surface area contributed by atoms with Crippen molar-refractivity contribution in [3.63, 3.8) is 0 Å². The van der Waals surface area contributed by atoms with Gasteiger partial charge in [0.2, 0.25) is 5.60 Å². The van der Waals surface area contributed by atoms with Gasteiger partial charge < -0.3 is 14.9 Å². The van der Waals surface area contributed by atoms with Crippen molar-refractivity contribution >= 4 is 0 Å². The van der Waals surface area contributed by atoms with E-state index in [9.17, 15) is 15.0 Å². The van der Waals surface area contributed by atoms with E-state index in [0.717, 1.165) is 10.2 Å². The number of rotatable bonds is 2. The number of aromatic nitrogens is 3. The first-order valence-electron chi connectivity index (χ1n) is 6.21. The third-order valence-electron chi connectivity index (χ3n) is 3.50. The van der Waals surface area contributed by atoms with Crippen molar-refractivity contribution in [1.29, 1.82) is 0 Å². The monoisotopic (exact) mass is 277 g/mol. The third kappa shape index (κ3) is 1.53. The molecule has 0 saturated carbocycles. The molecule has 0 aliphatic carbocycles. The molecule has 7 heteroatoms. The van der Waals surface area contributed by atoms with E-state index >= 15 is 0 Å². The van der Waals surface area contributed by atoms with Crippen molar-refractivity contribution in [3.05, 3.63) is 40.1 Å². The molecule has 0 unspecified atom stereocenters. The Morgan fingerprint density at radius 1 is 1.35 bits per heavy atom. The van der Waals surface area contributed by atoms with Gasteiger partial charge in [0.1, 0.15) is 5.75 Å². The highest BCUT2D eigenvalue weighted by atomic mass is 16.5. The second-order valence-electron chi connectivity index (χ2n) is 4.95. The number of benzene rings is 1. The van der Waals surface area contributed by atoms with E-state index in [0.29, 0.717) is 11.4 Å². The molecule has 2 aromatic rings. The number of nitrogens with zero attached hydrogens (tertiary/aromatic N) is 3. The molecule has 0 radical (unpaired) electrons. The van der Waals surface area contributed by atoms with E-state index in [1.54, 1.807) is 12.1 Å². The fourth-order valence-electron chi connectivity index (χ4n) is 2.38.